The normalized spacial score (nSPS) is 20.9. The van der Waals surface area contributed by atoms with E-state index < -0.39 is 6.10 Å². The highest BCUT2D eigenvalue weighted by Gasteiger charge is 2.33. The van der Waals surface area contributed by atoms with Crippen molar-refractivity contribution in [1.82, 2.24) is 14.7 Å². The van der Waals surface area contributed by atoms with Gasteiger partial charge in [-0.2, -0.15) is 5.10 Å². The quantitative estimate of drug-likeness (QED) is 0.943. The molecule has 0 spiro atoms. The Morgan fingerprint density at radius 2 is 2.09 bits per heavy atom. The standard InChI is InChI=1S/C18H25N3O/c1-12(2)17-14(11-21(4)19-17)10-20(3)16-9-13-7-5-6-8-15(13)18(16)22/h5-8,11-12,16,18,22H,9-10H2,1-4H3. The SMILES string of the molecule is CC(C)c1nn(C)cc1CN(C)C1Cc2ccccc2C1O. The van der Waals surface area contributed by atoms with E-state index in [1.54, 1.807) is 0 Å². The second-order valence-electron chi connectivity index (χ2n) is 6.70. The van der Waals surface area contributed by atoms with Gasteiger partial charge in [0, 0.05) is 31.4 Å². The summed E-state index contributed by atoms with van der Waals surface area (Å²) in [5, 5.41) is 15.2. The lowest BCUT2D eigenvalue weighted by Crippen LogP contribution is -2.34. The number of benzene rings is 1. The van der Waals surface area contributed by atoms with Crippen LogP contribution in [0.3, 0.4) is 0 Å². The largest absolute Gasteiger partial charge is 0.387 e. The van der Waals surface area contributed by atoms with E-state index in [0.717, 1.165) is 24.2 Å². The van der Waals surface area contributed by atoms with E-state index in [2.05, 4.69) is 43.2 Å². The first-order valence-corrected chi connectivity index (χ1v) is 7.96. The predicted molar refractivity (Wildman–Crippen MR) is 87.7 cm³/mol. The first-order chi connectivity index (χ1) is 10.5. The number of fused-ring (bicyclic) bond motifs is 1. The van der Waals surface area contributed by atoms with Crippen LogP contribution in [-0.2, 0) is 20.0 Å². The molecule has 0 saturated carbocycles. The molecule has 2 unspecified atom stereocenters. The maximum Gasteiger partial charge on any atom is 0.0951 e. The molecule has 0 bridgehead atoms. The summed E-state index contributed by atoms with van der Waals surface area (Å²) < 4.78 is 1.89. The number of aromatic nitrogens is 2. The zero-order valence-electron chi connectivity index (χ0n) is 13.8. The van der Waals surface area contributed by atoms with Crippen LogP contribution in [0, 0.1) is 0 Å². The molecular formula is C18H25N3O. The molecule has 1 N–H and O–H groups in total. The van der Waals surface area contributed by atoms with E-state index in [1.807, 2.05) is 29.9 Å². The third kappa shape index (κ3) is 2.69. The van der Waals surface area contributed by atoms with Gasteiger partial charge in [0.05, 0.1) is 11.8 Å². The van der Waals surface area contributed by atoms with Crippen molar-refractivity contribution in [2.24, 2.45) is 7.05 Å². The fraction of sp³-hybridized carbons (Fsp3) is 0.500. The number of hydrogen-bond donors (Lipinski definition) is 1. The molecule has 1 aromatic carbocycles. The van der Waals surface area contributed by atoms with Gasteiger partial charge in [0.2, 0.25) is 0 Å². The molecule has 2 aromatic rings. The second-order valence-corrected chi connectivity index (χ2v) is 6.70. The monoisotopic (exact) mass is 299 g/mol. The summed E-state index contributed by atoms with van der Waals surface area (Å²) in [6, 6.07) is 8.35. The van der Waals surface area contributed by atoms with E-state index >= 15 is 0 Å². The van der Waals surface area contributed by atoms with Gasteiger partial charge in [0.25, 0.3) is 0 Å². The minimum Gasteiger partial charge on any atom is -0.387 e. The zero-order valence-corrected chi connectivity index (χ0v) is 13.8. The lowest BCUT2D eigenvalue weighted by atomic mass is 10.0. The minimum atomic E-state index is -0.402. The van der Waals surface area contributed by atoms with Crippen molar-refractivity contribution in [3.05, 3.63) is 52.8 Å². The summed E-state index contributed by atoms with van der Waals surface area (Å²) in [4.78, 5) is 2.26. The average Bonchev–Trinajstić information content (AvgIpc) is 3.00. The third-order valence-corrected chi connectivity index (χ3v) is 4.64. The number of hydrogen-bond acceptors (Lipinski definition) is 3. The van der Waals surface area contributed by atoms with Crippen molar-refractivity contribution in [1.29, 1.82) is 0 Å². The Morgan fingerprint density at radius 1 is 1.36 bits per heavy atom. The van der Waals surface area contributed by atoms with Crippen molar-refractivity contribution < 1.29 is 5.11 Å². The molecule has 4 nitrogen and oxygen atoms in total. The number of aliphatic hydroxyl groups is 1. The van der Waals surface area contributed by atoms with Crippen LogP contribution >= 0.6 is 0 Å². The molecule has 0 aliphatic heterocycles. The number of likely N-dealkylation sites (N-methyl/N-ethyl adjacent to an activating group) is 1. The molecule has 0 amide bonds. The Bertz CT molecular complexity index is 662. The average molecular weight is 299 g/mol. The molecule has 1 aromatic heterocycles. The molecule has 3 rings (SSSR count). The zero-order chi connectivity index (χ0) is 15.9. The van der Waals surface area contributed by atoms with Gasteiger partial charge < -0.3 is 5.11 Å². The first kappa shape index (κ1) is 15.3. The highest BCUT2D eigenvalue weighted by atomic mass is 16.3. The van der Waals surface area contributed by atoms with Crippen LogP contribution in [0.15, 0.2) is 30.5 Å². The minimum absolute atomic E-state index is 0.137. The van der Waals surface area contributed by atoms with E-state index in [1.165, 1.54) is 11.1 Å². The molecule has 0 radical (unpaired) electrons. The Balaban J connectivity index is 1.78. The Hall–Kier alpha value is -1.65. The molecule has 118 valence electrons. The Labute approximate surface area is 132 Å². The molecule has 1 aliphatic rings. The van der Waals surface area contributed by atoms with Crippen LogP contribution in [0.25, 0.3) is 0 Å². The summed E-state index contributed by atoms with van der Waals surface area (Å²) in [5.41, 5.74) is 4.75. The fourth-order valence-corrected chi connectivity index (χ4v) is 3.50. The van der Waals surface area contributed by atoms with Crippen LogP contribution in [0.2, 0.25) is 0 Å². The number of aliphatic hydroxyl groups excluding tert-OH is 1. The third-order valence-electron chi connectivity index (χ3n) is 4.64. The van der Waals surface area contributed by atoms with Crippen LogP contribution in [0.5, 0.6) is 0 Å². The summed E-state index contributed by atoms with van der Waals surface area (Å²) in [7, 11) is 4.06. The van der Waals surface area contributed by atoms with Crippen LogP contribution < -0.4 is 0 Å². The van der Waals surface area contributed by atoms with E-state index in [4.69, 9.17) is 0 Å². The topological polar surface area (TPSA) is 41.3 Å². The lowest BCUT2D eigenvalue weighted by Gasteiger charge is -2.27. The van der Waals surface area contributed by atoms with Crippen molar-refractivity contribution in [2.45, 2.75) is 44.9 Å². The van der Waals surface area contributed by atoms with Crippen LogP contribution in [0.1, 0.15) is 48.3 Å². The molecule has 0 saturated heterocycles. The maximum atomic E-state index is 10.6. The summed E-state index contributed by atoms with van der Waals surface area (Å²) >= 11 is 0. The van der Waals surface area contributed by atoms with Gasteiger partial charge in [-0.05, 0) is 30.5 Å². The molecular weight excluding hydrogens is 274 g/mol. The summed E-state index contributed by atoms with van der Waals surface area (Å²) in [6.07, 6.45) is 2.60. The summed E-state index contributed by atoms with van der Waals surface area (Å²) in [6.45, 7) is 5.16. The first-order valence-electron chi connectivity index (χ1n) is 7.96. The number of nitrogens with zero attached hydrogens (tertiary/aromatic N) is 3. The van der Waals surface area contributed by atoms with Crippen molar-refractivity contribution >= 4 is 0 Å². The highest BCUT2D eigenvalue weighted by molar-refractivity contribution is 5.36. The van der Waals surface area contributed by atoms with Gasteiger partial charge >= 0.3 is 0 Å². The smallest absolute Gasteiger partial charge is 0.0951 e. The van der Waals surface area contributed by atoms with E-state index in [0.29, 0.717) is 5.92 Å². The van der Waals surface area contributed by atoms with Crippen molar-refractivity contribution in [3.63, 3.8) is 0 Å². The van der Waals surface area contributed by atoms with E-state index in [9.17, 15) is 5.11 Å². The van der Waals surface area contributed by atoms with Gasteiger partial charge in [-0.15, -0.1) is 0 Å². The molecule has 1 aliphatic carbocycles. The number of rotatable bonds is 4. The maximum absolute atomic E-state index is 10.6. The van der Waals surface area contributed by atoms with Gasteiger partial charge in [-0.1, -0.05) is 38.1 Å². The molecule has 22 heavy (non-hydrogen) atoms. The van der Waals surface area contributed by atoms with Crippen LogP contribution in [-0.4, -0.2) is 32.9 Å². The highest BCUT2D eigenvalue weighted by Crippen LogP contribution is 2.34. The van der Waals surface area contributed by atoms with Gasteiger partial charge in [0.15, 0.2) is 0 Å². The number of aryl methyl sites for hydroxylation is 1. The summed E-state index contributed by atoms with van der Waals surface area (Å²) in [5.74, 6) is 0.412. The van der Waals surface area contributed by atoms with Gasteiger partial charge in [-0.25, -0.2) is 0 Å². The predicted octanol–water partition coefficient (Wildman–Crippen LogP) is 2.63. The van der Waals surface area contributed by atoms with Crippen molar-refractivity contribution in [2.75, 3.05) is 7.05 Å². The van der Waals surface area contributed by atoms with Crippen molar-refractivity contribution in [3.8, 4) is 0 Å². The molecule has 0 fully saturated rings. The molecule has 2 atom stereocenters. The lowest BCUT2D eigenvalue weighted by molar-refractivity contribution is 0.0719. The second kappa shape index (κ2) is 5.86. The van der Waals surface area contributed by atoms with E-state index in [-0.39, 0.29) is 6.04 Å². The molecule has 4 heteroatoms. The van der Waals surface area contributed by atoms with Gasteiger partial charge in [0.1, 0.15) is 0 Å². The van der Waals surface area contributed by atoms with Gasteiger partial charge in [-0.3, -0.25) is 9.58 Å². The Kier molecular flexibility index (Phi) is 4.06. The fourth-order valence-electron chi connectivity index (χ4n) is 3.50. The Morgan fingerprint density at radius 3 is 2.77 bits per heavy atom. The van der Waals surface area contributed by atoms with Crippen LogP contribution in [0.4, 0.5) is 0 Å². The molecule has 1 heterocycles.